The van der Waals surface area contributed by atoms with Crippen LogP contribution in [-0.4, -0.2) is 35.6 Å². The Morgan fingerprint density at radius 2 is 2.14 bits per heavy atom. The summed E-state index contributed by atoms with van der Waals surface area (Å²) in [6, 6.07) is 3.05. The summed E-state index contributed by atoms with van der Waals surface area (Å²) in [4.78, 5) is 27.4. The number of carbonyl (C=O) groups is 2. The molecule has 1 fully saturated rings. The molecule has 1 aromatic rings. The normalized spacial score (nSPS) is 21.2. The van der Waals surface area contributed by atoms with E-state index in [-0.39, 0.29) is 34.3 Å². The number of methoxy groups -OCH3 is 1. The van der Waals surface area contributed by atoms with Gasteiger partial charge in [0.15, 0.2) is 0 Å². The van der Waals surface area contributed by atoms with Gasteiger partial charge >= 0.3 is 5.97 Å². The number of carboxylic acid groups (broad SMARTS) is 1. The molecule has 2 rings (SSSR count). The number of hydrogen-bond acceptors (Lipinski definition) is 4. The molecule has 2 atom stereocenters. The minimum Gasteiger partial charge on any atom is -0.481 e. The van der Waals surface area contributed by atoms with Gasteiger partial charge in [-0.15, -0.1) is 0 Å². The topological polar surface area (TPSA) is 88.5 Å². The van der Waals surface area contributed by atoms with Crippen LogP contribution in [0.25, 0.3) is 0 Å². The standard InChI is InChI=1S/C15H19ClN2O4/c1-22-14-11(6-7-12(16)18-14)13(19)17-8-9-4-2-3-5-10(9)15(20)21/h6-7,9-10H,2-5,8H2,1H3,(H,17,19)(H,20,21)/t9-,10-/m0/s1. The van der Waals surface area contributed by atoms with Crippen LogP contribution in [0.5, 0.6) is 5.88 Å². The minimum absolute atomic E-state index is 0.0403. The van der Waals surface area contributed by atoms with E-state index in [1.165, 1.54) is 13.2 Å². The van der Waals surface area contributed by atoms with Gasteiger partial charge in [0.2, 0.25) is 5.88 Å². The van der Waals surface area contributed by atoms with Crippen LogP contribution < -0.4 is 10.1 Å². The predicted molar refractivity (Wildman–Crippen MR) is 81.2 cm³/mol. The summed E-state index contributed by atoms with van der Waals surface area (Å²) in [5, 5.41) is 12.3. The molecule has 22 heavy (non-hydrogen) atoms. The van der Waals surface area contributed by atoms with Gasteiger partial charge < -0.3 is 15.2 Å². The number of amides is 1. The molecule has 0 aromatic carbocycles. The van der Waals surface area contributed by atoms with Crippen LogP contribution in [0, 0.1) is 11.8 Å². The van der Waals surface area contributed by atoms with Crippen molar-refractivity contribution in [3.05, 3.63) is 22.8 Å². The Balaban J connectivity index is 2.01. The lowest BCUT2D eigenvalue weighted by Crippen LogP contribution is -2.37. The third-order valence-electron chi connectivity index (χ3n) is 4.02. The number of aromatic nitrogens is 1. The Morgan fingerprint density at radius 1 is 1.41 bits per heavy atom. The van der Waals surface area contributed by atoms with Crippen molar-refractivity contribution in [2.24, 2.45) is 11.8 Å². The van der Waals surface area contributed by atoms with Gasteiger partial charge in [0.1, 0.15) is 10.7 Å². The molecule has 1 aliphatic rings. The first-order valence-electron chi connectivity index (χ1n) is 7.24. The summed E-state index contributed by atoms with van der Waals surface area (Å²) >= 11 is 5.76. The van der Waals surface area contributed by atoms with Crippen molar-refractivity contribution in [1.82, 2.24) is 10.3 Å². The summed E-state index contributed by atoms with van der Waals surface area (Å²) in [6.07, 6.45) is 3.40. The van der Waals surface area contributed by atoms with Crippen molar-refractivity contribution in [2.45, 2.75) is 25.7 Å². The average molecular weight is 327 g/mol. The molecular formula is C15H19ClN2O4. The number of pyridine rings is 1. The molecule has 6 nitrogen and oxygen atoms in total. The molecule has 1 heterocycles. The van der Waals surface area contributed by atoms with E-state index in [1.54, 1.807) is 6.07 Å². The molecular weight excluding hydrogens is 308 g/mol. The quantitative estimate of drug-likeness (QED) is 0.811. The van der Waals surface area contributed by atoms with E-state index < -0.39 is 5.97 Å². The van der Waals surface area contributed by atoms with Gasteiger partial charge in [0.05, 0.1) is 13.0 Å². The van der Waals surface area contributed by atoms with Gasteiger partial charge in [0, 0.05) is 6.54 Å². The Bertz CT molecular complexity index is 564. The zero-order valence-corrected chi connectivity index (χ0v) is 13.1. The SMILES string of the molecule is COc1nc(Cl)ccc1C(=O)NC[C@@H]1CCCC[C@@H]1C(=O)O. The Kier molecular flexibility index (Phi) is 5.60. The second kappa shape index (κ2) is 7.45. The lowest BCUT2D eigenvalue weighted by molar-refractivity contribution is -0.144. The molecule has 0 bridgehead atoms. The molecule has 0 radical (unpaired) electrons. The van der Waals surface area contributed by atoms with E-state index >= 15 is 0 Å². The lowest BCUT2D eigenvalue weighted by atomic mass is 9.79. The smallest absolute Gasteiger partial charge is 0.306 e. The van der Waals surface area contributed by atoms with Crippen molar-refractivity contribution in [2.75, 3.05) is 13.7 Å². The van der Waals surface area contributed by atoms with Crippen molar-refractivity contribution in [3.8, 4) is 5.88 Å². The van der Waals surface area contributed by atoms with Gasteiger partial charge in [0.25, 0.3) is 5.91 Å². The first-order valence-corrected chi connectivity index (χ1v) is 7.62. The second-order valence-electron chi connectivity index (χ2n) is 5.39. The van der Waals surface area contributed by atoms with Gasteiger partial charge in [-0.1, -0.05) is 24.4 Å². The maximum absolute atomic E-state index is 12.2. The van der Waals surface area contributed by atoms with Crippen LogP contribution in [-0.2, 0) is 4.79 Å². The van der Waals surface area contributed by atoms with Crippen molar-refractivity contribution in [3.63, 3.8) is 0 Å². The highest BCUT2D eigenvalue weighted by molar-refractivity contribution is 6.29. The van der Waals surface area contributed by atoms with Crippen LogP contribution in [0.3, 0.4) is 0 Å². The van der Waals surface area contributed by atoms with Gasteiger partial charge in [-0.05, 0) is 30.9 Å². The molecule has 7 heteroatoms. The number of ether oxygens (including phenoxy) is 1. The van der Waals surface area contributed by atoms with Crippen molar-refractivity contribution in [1.29, 1.82) is 0 Å². The van der Waals surface area contributed by atoms with Gasteiger partial charge in [-0.3, -0.25) is 9.59 Å². The average Bonchev–Trinajstić information content (AvgIpc) is 2.52. The molecule has 1 saturated carbocycles. The number of aliphatic carboxylic acids is 1. The van der Waals surface area contributed by atoms with Crippen molar-refractivity contribution < 1.29 is 19.4 Å². The number of carboxylic acids is 1. The fourth-order valence-electron chi connectivity index (χ4n) is 2.84. The first-order chi connectivity index (χ1) is 10.5. The molecule has 0 unspecified atom stereocenters. The van der Waals surface area contributed by atoms with Crippen molar-refractivity contribution >= 4 is 23.5 Å². The summed E-state index contributed by atoms with van der Waals surface area (Å²) in [6.45, 7) is 0.335. The molecule has 0 saturated heterocycles. The Morgan fingerprint density at radius 3 is 2.82 bits per heavy atom. The van der Waals surface area contributed by atoms with Crippen LogP contribution in [0.15, 0.2) is 12.1 Å². The summed E-state index contributed by atoms with van der Waals surface area (Å²) in [5.74, 6) is -1.40. The molecule has 1 amide bonds. The van der Waals surface area contributed by atoms with Crippen LogP contribution in [0.1, 0.15) is 36.0 Å². The van der Waals surface area contributed by atoms with Gasteiger partial charge in [-0.2, -0.15) is 0 Å². The highest BCUT2D eigenvalue weighted by Crippen LogP contribution is 2.30. The zero-order chi connectivity index (χ0) is 16.1. The highest BCUT2D eigenvalue weighted by atomic mass is 35.5. The number of nitrogens with zero attached hydrogens (tertiary/aromatic N) is 1. The van der Waals surface area contributed by atoms with Crippen LogP contribution in [0.2, 0.25) is 5.15 Å². The van der Waals surface area contributed by atoms with E-state index in [0.717, 1.165) is 19.3 Å². The number of nitrogens with one attached hydrogen (secondary N) is 1. The second-order valence-corrected chi connectivity index (χ2v) is 5.78. The van der Waals surface area contributed by atoms with E-state index in [2.05, 4.69) is 10.3 Å². The third kappa shape index (κ3) is 3.88. The molecule has 120 valence electrons. The summed E-state index contributed by atoms with van der Waals surface area (Å²) in [7, 11) is 1.41. The van der Waals surface area contributed by atoms with Gasteiger partial charge in [-0.25, -0.2) is 4.98 Å². The molecule has 0 aliphatic heterocycles. The van der Waals surface area contributed by atoms with E-state index in [1.807, 2.05) is 0 Å². The van der Waals surface area contributed by atoms with Crippen LogP contribution >= 0.6 is 11.6 Å². The number of carbonyl (C=O) groups excluding carboxylic acids is 1. The minimum atomic E-state index is -0.787. The maximum Gasteiger partial charge on any atom is 0.306 e. The summed E-state index contributed by atoms with van der Waals surface area (Å²) in [5.41, 5.74) is 0.287. The highest BCUT2D eigenvalue weighted by Gasteiger charge is 2.31. The largest absolute Gasteiger partial charge is 0.481 e. The predicted octanol–water partition coefficient (Wildman–Crippen LogP) is 2.36. The lowest BCUT2D eigenvalue weighted by Gasteiger charge is -2.28. The molecule has 1 aromatic heterocycles. The number of rotatable bonds is 5. The molecule has 1 aliphatic carbocycles. The van der Waals surface area contributed by atoms with E-state index in [9.17, 15) is 14.7 Å². The molecule has 2 N–H and O–H groups in total. The van der Waals surface area contributed by atoms with Crippen LogP contribution in [0.4, 0.5) is 0 Å². The monoisotopic (exact) mass is 326 g/mol. The molecule has 0 spiro atoms. The fourth-order valence-corrected chi connectivity index (χ4v) is 2.98. The maximum atomic E-state index is 12.2. The number of halogens is 1. The van der Waals surface area contributed by atoms with E-state index in [4.69, 9.17) is 16.3 Å². The summed E-state index contributed by atoms with van der Waals surface area (Å²) < 4.78 is 5.05. The fraction of sp³-hybridized carbons (Fsp3) is 0.533. The first kappa shape index (κ1) is 16.5. The Hall–Kier alpha value is -1.82. The number of hydrogen-bond donors (Lipinski definition) is 2. The third-order valence-corrected chi connectivity index (χ3v) is 4.23. The van der Waals surface area contributed by atoms with E-state index in [0.29, 0.717) is 13.0 Å². The zero-order valence-electron chi connectivity index (χ0n) is 12.3. The Labute approximate surface area is 133 Å².